The van der Waals surface area contributed by atoms with E-state index in [1.54, 1.807) is 0 Å². The molecule has 0 bridgehead atoms. The molecule has 1 aliphatic rings. The molecule has 21 heavy (non-hydrogen) atoms. The Balaban J connectivity index is 1.91. The number of benzene rings is 1. The lowest BCUT2D eigenvalue weighted by Crippen LogP contribution is -2.04. The number of aryl methyl sites for hydroxylation is 1. The minimum atomic E-state index is 0.478. The first-order valence-electron chi connectivity index (χ1n) is 7.22. The van der Waals surface area contributed by atoms with Crippen LogP contribution in [0.2, 0.25) is 5.02 Å². The molecule has 0 unspecified atom stereocenters. The van der Waals surface area contributed by atoms with Crippen LogP contribution in [0.15, 0.2) is 24.3 Å². The summed E-state index contributed by atoms with van der Waals surface area (Å²) in [6, 6.07) is 7.42. The van der Waals surface area contributed by atoms with Gasteiger partial charge < -0.3 is 10.1 Å². The van der Waals surface area contributed by atoms with Crippen LogP contribution in [0.5, 0.6) is 11.6 Å². The van der Waals surface area contributed by atoms with Gasteiger partial charge in [-0.05, 0) is 44.4 Å². The van der Waals surface area contributed by atoms with E-state index in [9.17, 15) is 0 Å². The van der Waals surface area contributed by atoms with Gasteiger partial charge in [0.05, 0.1) is 0 Å². The molecule has 5 heteroatoms. The molecule has 2 aromatic rings. The summed E-state index contributed by atoms with van der Waals surface area (Å²) < 4.78 is 5.92. The van der Waals surface area contributed by atoms with Crippen LogP contribution in [0.25, 0.3) is 0 Å². The zero-order valence-electron chi connectivity index (χ0n) is 12.2. The maximum atomic E-state index is 6.03. The summed E-state index contributed by atoms with van der Waals surface area (Å²) in [4.78, 5) is 9.07. The van der Waals surface area contributed by atoms with Crippen molar-refractivity contribution in [3.63, 3.8) is 0 Å². The average Bonchev–Trinajstić information content (AvgIpc) is 3.28. The Labute approximate surface area is 129 Å². The van der Waals surface area contributed by atoms with Crippen molar-refractivity contribution in [2.75, 3.05) is 11.9 Å². The molecule has 1 aromatic carbocycles. The van der Waals surface area contributed by atoms with Gasteiger partial charge in [-0.15, -0.1) is 0 Å². The van der Waals surface area contributed by atoms with Crippen LogP contribution in [0.4, 0.5) is 5.82 Å². The third kappa shape index (κ3) is 3.45. The van der Waals surface area contributed by atoms with Gasteiger partial charge in [0.25, 0.3) is 0 Å². The molecule has 0 amide bonds. The van der Waals surface area contributed by atoms with Crippen LogP contribution in [0, 0.1) is 6.92 Å². The zero-order chi connectivity index (χ0) is 14.8. The van der Waals surface area contributed by atoms with E-state index in [0.29, 0.717) is 16.8 Å². The van der Waals surface area contributed by atoms with Crippen LogP contribution in [-0.4, -0.2) is 16.5 Å². The van der Waals surface area contributed by atoms with Crippen molar-refractivity contribution >= 4 is 17.4 Å². The van der Waals surface area contributed by atoms with Gasteiger partial charge in [0, 0.05) is 23.6 Å². The van der Waals surface area contributed by atoms with Crippen molar-refractivity contribution in [2.24, 2.45) is 0 Å². The standard InChI is InChI=1S/C16H18ClN3O/c1-3-18-14-9-15(20-16(19-14)11-5-6-11)21-13-8-12(17)7-4-10(13)2/h4,7-9,11H,3,5-6H2,1-2H3,(H,18,19,20). The molecule has 0 saturated heterocycles. The Morgan fingerprint density at radius 3 is 2.81 bits per heavy atom. The third-order valence-corrected chi connectivity index (χ3v) is 3.62. The van der Waals surface area contributed by atoms with Gasteiger partial charge in [-0.1, -0.05) is 17.7 Å². The summed E-state index contributed by atoms with van der Waals surface area (Å²) in [7, 11) is 0. The Hall–Kier alpha value is -1.81. The first kappa shape index (κ1) is 14.1. The molecule has 0 radical (unpaired) electrons. The Kier molecular flexibility index (Phi) is 3.97. The summed E-state index contributed by atoms with van der Waals surface area (Å²) >= 11 is 6.03. The average molecular weight is 304 g/mol. The molecule has 4 nitrogen and oxygen atoms in total. The van der Waals surface area contributed by atoms with Crippen molar-refractivity contribution in [1.82, 2.24) is 9.97 Å². The Bertz CT molecular complexity index is 656. The first-order valence-corrected chi connectivity index (χ1v) is 7.60. The van der Waals surface area contributed by atoms with Gasteiger partial charge in [0.15, 0.2) is 0 Å². The monoisotopic (exact) mass is 303 g/mol. The number of hydrogen-bond acceptors (Lipinski definition) is 4. The number of ether oxygens (including phenoxy) is 1. The van der Waals surface area contributed by atoms with Crippen molar-refractivity contribution in [1.29, 1.82) is 0 Å². The summed E-state index contributed by atoms with van der Waals surface area (Å²) in [5, 5.41) is 3.88. The number of aromatic nitrogens is 2. The van der Waals surface area contributed by atoms with E-state index in [0.717, 1.165) is 42.3 Å². The van der Waals surface area contributed by atoms with Crippen LogP contribution < -0.4 is 10.1 Å². The lowest BCUT2D eigenvalue weighted by Gasteiger charge is -2.11. The van der Waals surface area contributed by atoms with Gasteiger partial charge in [-0.2, -0.15) is 4.98 Å². The third-order valence-electron chi connectivity index (χ3n) is 3.39. The van der Waals surface area contributed by atoms with E-state index in [-0.39, 0.29) is 0 Å². The van der Waals surface area contributed by atoms with E-state index < -0.39 is 0 Å². The molecule has 1 N–H and O–H groups in total. The normalized spacial score (nSPS) is 14.0. The number of halogens is 1. The van der Waals surface area contributed by atoms with Crippen LogP contribution in [0.1, 0.15) is 37.1 Å². The van der Waals surface area contributed by atoms with Crippen LogP contribution in [-0.2, 0) is 0 Å². The molecular weight excluding hydrogens is 286 g/mol. The second-order valence-corrected chi connectivity index (χ2v) is 5.70. The fourth-order valence-electron chi connectivity index (χ4n) is 2.09. The number of rotatable bonds is 5. The highest BCUT2D eigenvalue weighted by Gasteiger charge is 2.27. The maximum Gasteiger partial charge on any atom is 0.224 e. The number of nitrogens with zero attached hydrogens (tertiary/aromatic N) is 2. The summed E-state index contributed by atoms with van der Waals surface area (Å²) in [6.07, 6.45) is 2.32. The maximum absolute atomic E-state index is 6.03. The van der Waals surface area contributed by atoms with Gasteiger partial charge in [-0.25, -0.2) is 4.98 Å². The van der Waals surface area contributed by atoms with E-state index in [2.05, 4.69) is 15.3 Å². The zero-order valence-corrected chi connectivity index (χ0v) is 12.9. The molecule has 1 saturated carbocycles. The largest absolute Gasteiger partial charge is 0.439 e. The fourth-order valence-corrected chi connectivity index (χ4v) is 2.25. The second-order valence-electron chi connectivity index (χ2n) is 5.27. The molecule has 110 valence electrons. The summed E-state index contributed by atoms with van der Waals surface area (Å²) in [5.41, 5.74) is 1.02. The van der Waals surface area contributed by atoms with Gasteiger partial charge in [-0.3, -0.25) is 0 Å². The molecule has 1 heterocycles. The highest BCUT2D eigenvalue weighted by Crippen LogP contribution is 2.39. The minimum absolute atomic E-state index is 0.478. The van der Waals surface area contributed by atoms with Gasteiger partial charge >= 0.3 is 0 Å². The Morgan fingerprint density at radius 1 is 1.29 bits per heavy atom. The Morgan fingerprint density at radius 2 is 2.10 bits per heavy atom. The number of hydrogen-bond donors (Lipinski definition) is 1. The predicted molar refractivity (Wildman–Crippen MR) is 84.4 cm³/mol. The molecule has 1 aliphatic carbocycles. The number of nitrogens with one attached hydrogen (secondary N) is 1. The minimum Gasteiger partial charge on any atom is -0.439 e. The van der Waals surface area contributed by atoms with Crippen molar-refractivity contribution in [3.8, 4) is 11.6 Å². The predicted octanol–water partition coefficient (Wildman–Crippen LogP) is 4.54. The topological polar surface area (TPSA) is 47.0 Å². The molecule has 0 atom stereocenters. The van der Waals surface area contributed by atoms with Crippen molar-refractivity contribution < 1.29 is 4.74 Å². The SMILES string of the molecule is CCNc1cc(Oc2cc(Cl)ccc2C)nc(C2CC2)n1. The van der Waals surface area contributed by atoms with Gasteiger partial charge in [0.1, 0.15) is 17.4 Å². The molecule has 3 rings (SSSR count). The highest BCUT2D eigenvalue weighted by molar-refractivity contribution is 6.30. The molecular formula is C16H18ClN3O. The molecule has 1 aromatic heterocycles. The highest BCUT2D eigenvalue weighted by atomic mass is 35.5. The lowest BCUT2D eigenvalue weighted by atomic mass is 10.2. The van der Waals surface area contributed by atoms with E-state index in [1.807, 2.05) is 38.1 Å². The smallest absolute Gasteiger partial charge is 0.224 e. The fraction of sp³-hybridized carbons (Fsp3) is 0.375. The molecule has 0 spiro atoms. The van der Waals surface area contributed by atoms with Crippen molar-refractivity contribution in [3.05, 3.63) is 40.7 Å². The lowest BCUT2D eigenvalue weighted by molar-refractivity contribution is 0.455. The first-order chi connectivity index (χ1) is 10.2. The van der Waals surface area contributed by atoms with Crippen LogP contribution >= 0.6 is 11.6 Å². The summed E-state index contributed by atoms with van der Waals surface area (Å²) in [5.74, 6) is 3.44. The quantitative estimate of drug-likeness (QED) is 0.881. The number of anilines is 1. The van der Waals surface area contributed by atoms with Crippen molar-refractivity contribution in [2.45, 2.75) is 32.6 Å². The molecule has 1 fully saturated rings. The van der Waals surface area contributed by atoms with Crippen LogP contribution in [0.3, 0.4) is 0 Å². The van der Waals surface area contributed by atoms with E-state index in [1.165, 1.54) is 0 Å². The summed E-state index contributed by atoms with van der Waals surface area (Å²) in [6.45, 7) is 4.84. The van der Waals surface area contributed by atoms with E-state index >= 15 is 0 Å². The molecule has 0 aliphatic heterocycles. The van der Waals surface area contributed by atoms with E-state index in [4.69, 9.17) is 16.3 Å². The second kappa shape index (κ2) is 5.90. The van der Waals surface area contributed by atoms with Gasteiger partial charge in [0.2, 0.25) is 5.88 Å².